The van der Waals surface area contributed by atoms with Crippen molar-refractivity contribution in [3.8, 4) is 0 Å². The van der Waals surface area contributed by atoms with Gasteiger partial charge in [0.25, 0.3) is 0 Å². The van der Waals surface area contributed by atoms with Gasteiger partial charge in [-0.15, -0.1) is 0 Å². The highest BCUT2D eigenvalue weighted by atomic mass is 19.1. The maximum Gasteiger partial charge on any atom is 0.311 e. The number of aryl methyl sites for hydroxylation is 2. The second-order valence-corrected chi connectivity index (χ2v) is 6.22. The number of hydrogen-bond donors (Lipinski definition) is 0. The summed E-state index contributed by atoms with van der Waals surface area (Å²) in [5, 5.41) is 0. The van der Waals surface area contributed by atoms with E-state index in [-0.39, 0.29) is 24.1 Å². The summed E-state index contributed by atoms with van der Waals surface area (Å²) in [4.78, 5) is 25.4. The number of esters is 1. The number of carbonyl (C=O) groups excluding carboxylic acids is 2. The molecule has 0 bridgehead atoms. The van der Waals surface area contributed by atoms with Crippen LogP contribution < -0.4 is 4.90 Å². The van der Waals surface area contributed by atoms with Crippen molar-refractivity contribution in [3.63, 3.8) is 0 Å². The summed E-state index contributed by atoms with van der Waals surface area (Å²) in [5.74, 6) is -1.02. The van der Waals surface area contributed by atoms with Gasteiger partial charge >= 0.3 is 5.97 Å². The van der Waals surface area contributed by atoms with E-state index in [9.17, 15) is 14.0 Å². The number of carbonyl (C=O) groups is 2. The summed E-state index contributed by atoms with van der Waals surface area (Å²) in [5.41, 5.74) is 3.02. The Hall–Kier alpha value is -2.69. The fraction of sp³-hybridized carbons (Fsp3) is 0.300. The quantitative estimate of drug-likeness (QED) is 0.785. The summed E-state index contributed by atoms with van der Waals surface area (Å²) >= 11 is 0. The number of ether oxygens (including phenoxy) is 1. The van der Waals surface area contributed by atoms with E-state index in [0.29, 0.717) is 6.54 Å². The lowest BCUT2D eigenvalue weighted by atomic mass is 10.0. The summed E-state index contributed by atoms with van der Waals surface area (Å²) < 4.78 is 17.6. The third-order valence-electron chi connectivity index (χ3n) is 4.52. The van der Waals surface area contributed by atoms with Crippen molar-refractivity contribution < 1.29 is 18.7 Å². The van der Waals surface area contributed by atoms with E-state index < -0.39 is 5.92 Å². The molecule has 0 spiro atoms. The van der Waals surface area contributed by atoms with Crippen molar-refractivity contribution in [2.75, 3.05) is 18.6 Å². The van der Waals surface area contributed by atoms with Gasteiger partial charge in [-0.05, 0) is 48.2 Å². The molecule has 2 aromatic carbocycles. The van der Waals surface area contributed by atoms with Crippen molar-refractivity contribution in [2.45, 2.75) is 19.3 Å². The Labute approximate surface area is 146 Å². The Bertz CT molecular complexity index is 756. The first kappa shape index (κ1) is 17.1. The van der Waals surface area contributed by atoms with Crippen molar-refractivity contribution in [1.29, 1.82) is 0 Å². The summed E-state index contributed by atoms with van der Waals surface area (Å²) in [6.45, 7) is 0.362. The summed E-state index contributed by atoms with van der Waals surface area (Å²) in [6.07, 6.45) is 1.86. The average molecular weight is 341 g/mol. The predicted molar refractivity (Wildman–Crippen MR) is 92.7 cm³/mol. The van der Waals surface area contributed by atoms with Gasteiger partial charge in [-0.1, -0.05) is 24.3 Å². The Morgan fingerprint density at radius 1 is 1.08 bits per heavy atom. The normalized spacial score (nSPS) is 17.0. The van der Waals surface area contributed by atoms with Crippen LogP contribution in [0.5, 0.6) is 0 Å². The summed E-state index contributed by atoms with van der Waals surface area (Å²) in [6, 6.07) is 14.3. The maximum atomic E-state index is 12.9. The third-order valence-corrected chi connectivity index (χ3v) is 4.52. The Balaban J connectivity index is 1.61. The molecule has 130 valence electrons. The minimum absolute atomic E-state index is 0.0607. The molecule has 2 aromatic rings. The number of rotatable bonds is 5. The molecular formula is C20H20FNO3. The van der Waals surface area contributed by atoms with Crippen LogP contribution in [0, 0.1) is 11.7 Å². The van der Waals surface area contributed by atoms with E-state index in [1.54, 1.807) is 17.0 Å². The molecular weight excluding hydrogens is 321 g/mol. The van der Waals surface area contributed by atoms with Crippen LogP contribution in [0.1, 0.15) is 17.5 Å². The second-order valence-electron chi connectivity index (χ2n) is 6.22. The van der Waals surface area contributed by atoms with Crippen LogP contribution in [0.4, 0.5) is 10.1 Å². The molecule has 25 heavy (non-hydrogen) atoms. The number of hydrogen-bond acceptors (Lipinski definition) is 3. The summed E-state index contributed by atoms with van der Waals surface area (Å²) in [7, 11) is 1.34. The first-order valence-corrected chi connectivity index (χ1v) is 8.28. The molecule has 0 aromatic heterocycles. The number of methoxy groups -OCH3 is 1. The van der Waals surface area contributed by atoms with E-state index in [1.807, 2.05) is 24.3 Å². The zero-order valence-electron chi connectivity index (χ0n) is 14.1. The van der Waals surface area contributed by atoms with Crippen molar-refractivity contribution in [1.82, 2.24) is 0 Å². The van der Waals surface area contributed by atoms with Crippen LogP contribution in [-0.4, -0.2) is 25.5 Å². The van der Waals surface area contributed by atoms with Crippen LogP contribution in [0.3, 0.4) is 0 Å². The van der Waals surface area contributed by atoms with Crippen LogP contribution in [0.2, 0.25) is 0 Å². The Morgan fingerprint density at radius 2 is 1.64 bits per heavy atom. The molecule has 1 unspecified atom stereocenters. The molecule has 0 N–H and O–H groups in total. The standard InChI is InChI=1S/C20H20FNO3/c1-25-20(24)16-12-19(23)22(13-16)18-10-6-15(7-11-18)3-2-14-4-8-17(21)9-5-14/h4-11,16H,2-3,12-13H2,1H3. The number of halogens is 1. The molecule has 1 aliphatic heterocycles. The molecule has 5 heteroatoms. The van der Waals surface area contributed by atoms with Gasteiger partial charge in [0.1, 0.15) is 5.82 Å². The molecule has 0 saturated carbocycles. The van der Waals surface area contributed by atoms with E-state index >= 15 is 0 Å². The van der Waals surface area contributed by atoms with Crippen molar-refractivity contribution in [2.24, 2.45) is 5.92 Å². The minimum atomic E-state index is -0.393. The van der Waals surface area contributed by atoms with Gasteiger partial charge in [0.2, 0.25) is 5.91 Å². The monoisotopic (exact) mass is 341 g/mol. The van der Waals surface area contributed by atoms with Crippen molar-refractivity contribution in [3.05, 3.63) is 65.5 Å². The van der Waals surface area contributed by atoms with E-state index in [0.717, 1.165) is 29.7 Å². The van der Waals surface area contributed by atoms with E-state index in [4.69, 9.17) is 4.74 Å². The molecule has 1 fully saturated rings. The van der Waals surface area contributed by atoms with Gasteiger partial charge in [-0.25, -0.2) is 4.39 Å². The fourth-order valence-corrected chi connectivity index (χ4v) is 3.06. The van der Waals surface area contributed by atoms with Gasteiger partial charge in [-0.3, -0.25) is 9.59 Å². The van der Waals surface area contributed by atoms with Gasteiger partial charge in [-0.2, -0.15) is 0 Å². The van der Waals surface area contributed by atoms with E-state index in [2.05, 4.69) is 0 Å². The Kier molecular flexibility index (Phi) is 5.12. The highest BCUT2D eigenvalue weighted by Gasteiger charge is 2.35. The second kappa shape index (κ2) is 7.47. The molecule has 0 radical (unpaired) electrons. The lowest BCUT2D eigenvalue weighted by Crippen LogP contribution is -2.26. The van der Waals surface area contributed by atoms with Gasteiger partial charge < -0.3 is 9.64 Å². The molecule has 4 nitrogen and oxygen atoms in total. The first-order valence-electron chi connectivity index (χ1n) is 8.28. The van der Waals surface area contributed by atoms with Crippen LogP contribution in [0.25, 0.3) is 0 Å². The van der Waals surface area contributed by atoms with Crippen LogP contribution >= 0.6 is 0 Å². The lowest BCUT2D eigenvalue weighted by Gasteiger charge is -2.16. The number of nitrogens with zero attached hydrogens (tertiary/aromatic N) is 1. The smallest absolute Gasteiger partial charge is 0.311 e. The first-order chi connectivity index (χ1) is 12.1. The SMILES string of the molecule is COC(=O)C1CC(=O)N(c2ccc(CCc3ccc(F)cc3)cc2)C1. The zero-order valence-corrected chi connectivity index (χ0v) is 14.1. The molecule has 1 aliphatic rings. The van der Waals surface area contributed by atoms with Crippen LogP contribution in [0.15, 0.2) is 48.5 Å². The number of benzene rings is 2. The van der Waals surface area contributed by atoms with E-state index in [1.165, 1.54) is 19.2 Å². The zero-order chi connectivity index (χ0) is 17.8. The number of anilines is 1. The van der Waals surface area contributed by atoms with Crippen LogP contribution in [-0.2, 0) is 27.2 Å². The molecule has 0 aliphatic carbocycles. The molecule has 1 amide bonds. The molecule has 1 atom stereocenters. The topological polar surface area (TPSA) is 46.6 Å². The largest absolute Gasteiger partial charge is 0.469 e. The highest BCUT2D eigenvalue weighted by Crippen LogP contribution is 2.26. The predicted octanol–water partition coefficient (Wildman–Crippen LogP) is 3.14. The minimum Gasteiger partial charge on any atom is -0.469 e. The van der Waals surface area contributed by atoms with Gasteiger partial charge in [0.15, 0.2) is 0 Å². The highest BCUT2D eigenvalue weighted by molar-refractivity contribution is 5.99. The molecule has 3 rings (SSSR count). The average Bonchev–Trinajstić information content (AvgIpc) is 3.03. The molecule has 1 saturated heterocycles. The van der Waals surface area contributed by atoms with Crippen molar-refractivity contribution >= 4 is 17.6 Å². The fourth-order valence-electron chi connectivity index (χ4n) is 3.06. The van der Waals surface area contributed by atoms with Gasteiger partial charge in [0, 0.05) is 18.7 Å². The molecule has 1 heterocycles. The van der Waals surface area contributed by atoms with Gasteiger partial charge in [0.05, 0.1) is 13.0 Å². The third kappa shape index (κ3) is 4.05. The maximum absolute atomic E-state index is 12.9. The number of amides is 1. The lowest BCUT2D eigenvalue weighted by molar-refractivity contribution is -0.145. The Morgan fingerprint density at radius 3 is 2.20 bits per heavy atom.